The molecule has 1 aliphatic rings. The summed E-state index contributed by atoms with van der Waals surface area (Å²) < 4.78 is 10.3. The van der Waals surface area contributed by atoms with Crippen LogP contribution < -0.4 is 10.1 Å². The van der Waals surface area contributed by atoms with E-state index in [-0.39, 0.29) is 12.5 Å². The topological polar surface area (TPSA) is 77.0 Å². The number of aliphatic imine (C=N–C) groups is 1. The highest BCUT2D eigenvalue weighted by Gasteiger charge is 2.25. The summed E-state index contributed by atoms with van der Waals surface area (Å²) in [7, 11) is 0. The Morgan fingerprint density at radius 3 is 2.59 bits per heavy atom. The van der Waals surface area contributed by atoms with Gasteiger partial charge in [0.15, 0.2) is 6.61 Å². The van der Waals surface area contributed by atoms with Crippen molar-refractivity contribution < 1.29 is 19.1 Å². The summed E-state index contributed by atoms with van der Waals surface area (Å²) in [5.41, 5.74) is 3.80. The Balaban J connectivity index is 1.47. The van der Waals surface area contributed by atoms with Gasteiger partial charge in [0.25, 0.3) is 5.91 Å². The maximum Gasteiger partial charge on any atom is 0.344 e. The Labute approximate surface area is 203 Å². The number of ether oxygens (including phenoxy) is 2. The lowest BCUT2D eigenvalue weighted by molar-refractivity contribution is -0.145. The standard InChI is InChI=1S/C27H28N2O4S/c1-2-32-24(30)18-33-21-14-12-20(13-15-21)17-29-27-25(22-10-6-7-11-23(22)34-27)26(31)28-16-19-8-4-3-5-9-19/h3-5,8-9,12-15,17H,2,6-7,10-11,16,18H2,1H3,(H,28,31). The highest BCUT2D eigenvalue weighted by Crippen LogP contribution is 2.39. The second-order valence-corrected chi connectivity index (χ2v) is 9.06. The van der Waals surface area contributed by atoms with Crippen LogP contribution in [0.15, 0.2) is 59.6 Å². The Morgan fingerprint density at radius 1 is 1.06 bits per heavy atom. The molecule has 3 aromatic rings. The molecule has 0 radical (unpaired) electrons. The van der Waals surface area contributed by atoms with Gasteiger partial charge in [-0.2, -0.15) is 0 Å². The van der Waals surface area contributed by atoms with E-state index in [1.165, 1.54) is 4.88 Å². The number of amides is 1. The largest absolute Gasteiger partial charge is 0.482 e. The van der Waals surface area contributed by atoms with E-state index in [0.717, 1.165) is 47.4 Å². The first-order chi connectivity index (χ1) is 16.6. The molecule has 0 atom stereocenters. The van der Waals surface area contributed by atoms with Crippen LogP contribution in [0.3, 0.4) is 0 Å². The van der Waals surface area contributed by atoms with Crippen LogP contribution in [0.2, 0.25) is 0 Å². The molecule has 0 saturated heterocycles. The summed E-state index contributed by atoms with van der Waals surface area (Å²) in [6, 6.07) is 17.2. The third-order valence-corrected chi connectivity index (χ3v) is 6.75. The van der Waals surface area contributed by atoms with E-state index >= 15 is 0 Å². The summed E-state index contributed by atoms with van der Waals surface area (Å²) in [4.78, 5) is 30.6. The minimum absolute atomic E-state index is 0.0712. The fourth-order valence-corrected chi connectivity index (χ4v) is 5.10. The SMILES string of the molecule is CCOC(=O)COc1ccc(C=Nc2sc3c(c2C(=O)NCc2ccccc2)CCCC3)cc1. The molecule has 0 bridgehead atoms. The number of rotatable bonds is 9. The summed E-state index contributed by atoms with van der Waals surface area (Å²) >= 11 is 1.62. The number of nitrogens with zero attached hydrogens (tertiary/aromatic N) is 1. The molecule has 0 spiro atoms. The first kappa shape index (κ1) is 23.7. The molecule has 7 heteroatoms. The quantitative estimate of drug-likeness (QED) is 0.338. The number of aryl methyl sites for hydroxylation is 1. The van der Waals surface area contributed by atoms with Crippen LogP contribution in [-0.4, -0.2) is 31.3 Å². The number of thiophene rings is 1. The highest BCUT2D eigenvalue weighted by atomic mass is 32.1. The first-order valence-corrected chi connectivity index (χ1v) is 12.3. The van der Waals surface area contributed by atoms with Gasteiger partial charge in [0.05, 0.1) is 12.2 Å². The van der Waals surface area contributed by atoms with Gasteiger partial charge < -0.3 is 14.8 Å². The number of fused-ring (bicyclic) bond motifs is 1. The van der Waals surface area contributed by atoms with E-state index in [2.05, 4.69) is 5.32 Å². The molecule has 0 aliphatic heterocycles. The number of carbonyl (C=O) groups excluding carboxylic acids is 2. The number of hydrogen-bond donors (Lipinski definition) is 1. The summed E-state index contributed by atoms with van der Waals surface area (Å²) in [5.74, 6) is 0.115. The van der Waals surface area contributed by atoms with Crippen LogP contribution in [0, 0.1) is 0 Å². The summed E-state index contributed by atoms with van der Waals surface area (Å²) in [5, 5.41) is 3.82. The van der Waals surface area contributed by atoms with E-state index in [1.807, 2.05) is 42.5 Å². The smallest absolute Gasteiger partial charge is 0.344 e. The molecule has 0 unspecified atom stereocenters. The normalized spacial score (nSPS) is 12.9. The zero-order valence-electron chi connectivity index (χ0n) is 19.2. The van der Waals surface area contributed by atoms with Gasteiger partial charge in [-0.25, -0.2) is 9.79 Å². The molecular formula is C27H28N2O4S. The highest BCUT2D eigenvalue weighted by molar-refractivity contribution is 7.16. The maximum atomic E-state index is 13.2. The minimum Gasteiger partial charge on any atom is -0.482 e. The lowest BCUT2D eigenvalue weighted by Gasteiger charge is -2.12. The van der Waals surface area contributed by atoms with Crippen molar-refractivity contribution in [1.29, 1.82) is 0 Å². The van der Waals surface area contributed by atoms with Gasteiger partial charge in [-0.05, 0) is 73.6 Å². The summed E-state index contributed by atoms with van der Waals surface area (Å²) in [6.07, 6.45) is 5.93. The number of carbonyl (C=O) groups is 2. The Morgan fingerprint density at radius 2 is 1.82 bits per heavy atom. The Bertz CT molecular complexity index is 1150. The average Bonchev–Trinajstić information content (AvgIpc) is 3.25. The first-order valence-electron chi connectivity index (χ1n) is 11.5. The van der Waals surface area contributed by atoms with Gasteiger partial charge in [0, 0.05) is 17.6 Å². The van der Waals surface area contributed by atoms with Crippen molar-refractivity contribution in [3.63, 3.8) is 0 Å². The van der Waals surface area contributed by atoms with Gasteiger partial charge in [-0.1, -0.05) is 30.3 Å². The van der Waals surface area contributed by atoms with Crippen molar-refractivity contribution >= 4 is 34.4 Å². The van der Waals surface area contributed by atoms with E-state index in [9.17, 15) is 9.59 Å². The molecule has 1 heterocycles. The maximum absolute atomic E-state index is 13.2. The van der Waals surface area contributed by atoms with Crippen LogP contribution in [0.1, 0.15) is 51.7 Å². The summed E-state index contributed by atoms with van der Waals surface area (Å²) in [6.45, 7) is 2.45. The molecule has 2 aromatic carbocycles. The molecule has 1 amide bonds. The molecule has 1 aromatic heterocycles. The number of nitrogens with one attached hydrogen (secondary N) is 1. The monoisotopic (exact) mass is 476 g/mol. The predicted molar refractivity (Wildman–Crippen MR) is 134 cm³/mol. The molecule has 34 heavy (non-hydrogen) atoms. The van der Waals surface area contributed by atoms with Crippen LogP contribution in [0.5, 0.6) is 5.75 Å². The zero-order valence-corrected chi connectivity index (χ0v) is 20.0. The van der Waals surface area contributed by atoms with Crippen molar-refractivity contribution in [2.24, 2.45) is 4.99 Å². The van der Waals surface area contributed by atoms with Gasteiger partial charge in [0.1, 0.15) is 10.8 Å². The fourth-order valence-electron chi connectivity index (χ4n) is 3.87. The average molecular weight is 477 g/mol. The van der Waals surface area contributed by atoms with Crippen molar-refractivity contribution in [3.8, 4) is 5.75 Å². The van der Waals surface area contributed by atoms with Gasteiger partial charge in [-0.15, -0.1) is 11.3 Å². The lowest BCUT2D eigenvalue weighted by Crippen LogP contribution is -2.24. The van der Waals surface area contributed by atoms with Gasteiger partial charge in [0.2, 0.25) is 0 Å². The van der Waals surface area contributed by atoms with E-state index in [4.69, 9.17) is 14.5 Å². The van der Waals surface area contributed by atoms with Crippen LogP contribution in [0.25, 0.3) is 0 Å². The van der Waals surface area contributed by atoms with Crippen molar-refractivity contribution in [1.82, 2.24) is 5.32 Å². The van der Waals surface area contributed by atoms with Gasteiger partial charge >= 0.3 is 5.97 Å². The van der Waals surface area contributed by atoms with Crippen LogP contribution >= 0.6 is 11.3 Å². The van der Waals surface area contributed by atoms with Crippen molar-refractivity contribution in [2.45, 2.75) is 39.2 Å². The van der Waals surface area contributed by atoms with Crippen LogP contribution in [-0.2, 0) is 28.9 Å². The Hall–Kier alpha value is -3.45. The van der Waals surface area contributed by atoms with Crippen LogP contribution in [0.4, 0.5) is 5.00 Å². The van der Waals surface area contributed by atoms with Crippen molar-refractivity contribution in [2.75, 3.05) is 13.2 Å². The zero-order chi connectivity index (χ0) is 23.8. The molecule has 176 valence electrons. The van der Waals surface area contributed by atoms with Gasteiger partial charge in [-0.3, -0.25) is 4.79 Å². The molecule has 0 saturated carbocycles. The molecule has 1 aliphatic carbocycles. The molecular weight excluding hydrogens is 448 g/mol. The van der Waals surface area contributed by atoms with E-state index in [1.54, 1.807) is 36.6 Å². The number of benzene rings is 2. The molecule has 0 fully saturated rings. The predicted octanol–water partition coefficient (Wildman–Crippen LogP) is 5.25. The third kappa shape index (κ3) is 6.11. The number of hydrogen-bond acceptors (Lipinski definition) is 6. The molecule has 4 rings (SSSR count). The van der Waals surface area contributed by atoms with E-state index in [0.29, 0.717) is 24.5 Å². The number of esters is 1. The Kier molecular flexibility index (Phi) is 8.09. The lowest BCUT2D eigenvalue weighted by atomic mass is 9.95. The van der Waals surface area contributed by atoms with Crippen molar-refractivity contribution in [3.05, 3.63) is 81.7 Å². The molecule has 1 N–H and O–H groups in total. The third-order valence-electron chi connectivity index (χ3n) is 5.55. The van der Waals surface area contributed by atoms with E-state index < -0.39 is 5.97 Å². The second-order valence-electron chi connectivity index (χ2n) is 7.98. The molecule has 6 nitrogen and oxygen atoms in total. The minimum atomic E-state index is -0.395. The fraction of sp³-hybridized carbons (Fsp3) is 0.296. The second kappa shape index (κ2) is 11.6.